The fourth-order valence-corrected chi connectivity index (χ4v) is 1.94. The van der Waals surface area contributed by atoms with Crippen molar-refractivity contribution in [3.63, 3.8) is 0 Å². The molecule has 0 bridgehead atoms. The van der Waals surface area contributed by atoms with Gasteiger partial charge >= 0.3 is 6.03 Å². The highest BCUT2D eigenvalue weighted by molar-refractivity contribution is 5.99. The number of anilines is 2. The van der Waals surface area contributed by atoms with Crippen LogP contribution in [-0.4, -0.2) is 12.6 Å². The summed E-state index contributed by atoms with van der Waals surface area (Å²) in [7, 11) is 0. The topological polar surface area (TPSA) is 67.1 Å². The zero-order valence-electron chi connectivity index (χ0n) is 11.6. The molecule has 0 saturated carbocycles. The Hall–Kier alpha value is -2.40. The Bertz CT molecular complexity index is 599. The van der Waals surface area contributed by atoms with Gasteiger partial charge in [0.25, 0.3) is 0 Å². The molecule has 0 aromatic heterocycles. The summed E-state index contributed by atoms with van der Waals surface area (Å²) >= 11 is 0. The van der Waals surface area contributed by atoms with Gasteiger partial charge in [0.1, 0.15) is 5.82 Å². The minimum Gasteiger partial charge on any atom is -0.330 e. The molecule has 0 unspecified atom stereocenters. The molecule has 0 aliphatic rings. The maximum atomic E-state index is 12.8. The Labute approximate surface area is 123 Å². The molecule has 2 aromatic carbocycles. The molecule has 110 valence electrons. The van der Waals surface area contributed by atoms with Crippen LogP contribution in [0, 0.1) is 5.82 Å². The van der Waals surface area contributed by atoms with Crippen LogP contribution < -0.4 is 16.4 Å². The number of urea groups is 1. The van der Waals surface area contributed by atoms with E-state index >= 15 is 0 Å². The predicted molar refractivity (Wildman–Crippen MR) is 82.9 cm³/mol. The Morgan fingerprint density at radius 1 is 1.05 bits per heavy atom. The number of hydrogen-bond acceptors (Lipinski definition) is 2. The second-order valence-electron chi connectivity index (χ2n) is 4.68. The molecule has 0 radical (unpaired) electrons. The zero-order chi connectivity index (χ0) is 15.1. The summed E-state index contributed by atoms with van der Waals surface area (Å²) in [6, 6.07) is 12.9. The van der Waals surface area contributed by atoms with Crippen molar-refractivity contribution in [1.29, 1.82) is 0 Å². The lowest BCUT2D eigenvalue weighted by atomic mass is 10.1. The van der Waals surface area contributed by atoms with Crippen LogP contribution in [0.3, 0.4) is 0 Å². The van der Waals surface area contributed by atoms with E-state index in [1.165, 1.54) is 24.3 Å². The van der Waals surface area contributed by atoms with E-state index < -0.39 is 0 Å². The van der Waals surface area contributed by atoms with Gasteiger partial charge in [0.15, 0.2) is 0 Å². The average molecular weight is 287 g/mol. The first-order valence-corrected chi connectivity index (χ1v) is 6.80. The molecule has 0 aliphatic carbocycles. The van der Waals surface area contributed by atoms with Crippen LogP contribution in [0.4, 0.5) is 20.6 Å². The maximum absolute atomic E-state index is 12.8. The van der Waals surface area contributed by atoms with Crippen LogP contribution in [0.15, 0.2) is 48.5 Å². The number of hydrogen-bond donors (Lipinski definition) is 3. The lowest BCUT2D eigenvalue weighted by molar-refractivity contribution is 0.262. The van der Waals surface area contributed by atoms with Crippen molar-refractivity contribution in [2.24, 2.45) is 5.73 Å². The number of rotatable bonds is 5. The molecule has 2 rings (SSSR count). The summed E-state index contributed by atoms with van der Waals surface area (Å²) in [4.78, 5) is 11.9. The Balaban J connectivity index is 1.94. The van der Waals surface area contributed by atoms with Gasteiger partial charge < -0.3 is 16.4 Å². The van der Waals surface area contributed by atoms with Gasteiger partial charge in [-0.15, -0.1) is 0 Å². The van der Waals surface area contributed by atoms with Gasteiger partial charge in [-0.2, -0.15) is 0 Å². The van der Waals surface area contributed by atoms with E-state index in [1.54, 1.807) is 0 Å². The van der Waals surface area contributed by atoms with Crippen LogP contribution in [0.25, 0.3) is 0 Å². The molecule has 5 heteroatoms. The van der Waals surface area contributed by atoms with Gasteiger partial charge in [-0.1, -0.05) is 12.1 Å². The van der Waals surface area contributed by atoms with E-state index in [0.29, 0.717) is 17.9 Å². The van der Waals surface area contributed by atoms with E-state index in [4.69, 9.17) is 5.73 Å². The Morgan fingerprint density at radius 2 is 1.76 bits per heavy atom. The lowest BCUT2D eigenvalue weighted by Gasteiger charge is -2.09. The number of benzene rings is 2. The molecular formula is C16H18FN3O. The Morgan fingerprint density at radius 3 is 2.48 bits per heavy atom. The second kappa shape index (κ2) is 7.40. The molecule has 0 atom stereocenters. The highest BCUT2D eigenvalue weighted by Gasteiger charge is 2.03. The first kappa shape index (κ1) is 15.0. The van der Waals surface area contributed by atoms with Crippen molar-refractivity contribution in [1.82, 2.24) is 0 Å². The molecule has 4 nitrogen and oxygen atoms in total. The molecule has 0 aliphatic heterocycles. The third-order valence-corrected chi connectivity index (χ3v) is 2.96. The zero-order valence-corrected chi connectivity index (χ0v) is 11.6. The van der Waals surface area contributed by atoms with Crippen LogP contribution in [-0.2, 0) is 6.42 Å². The number of aryl methyl sites for hydroxylation is 1. The first-order valence-electron chi connectivity index (χ1n) is 6.80. The summed E-state index contributed by atoms with van der Waals surface area (Å²) in [6.45, 7) is 0.642. The van der Waals surface area contributed by atoms with Crippen molar-refractivity contribution in [2.75, 3.05) is 17.2 Å². The number of nitrogens with one attached hydrogen (secondary N) is 2. The Kier molecular flexibility index (Phi) is 5.29. The minimum absolute atomic E-state index is 0.339. The smallest absolute Gasteiger partial charge is 0.323 e. The minimum atomic E-state index is -0.363. The van der Waals surface area contributed by atoms with E-state index in [9.17, 15) is 9.18 Å². The van der Waals surface area contributed by atoms with Crippen molar-refractivity contribution in [2.45, 2.75) is 12.8 Å². The fraction of sp³-hybridized carbons (Fsp3) is 0.188. The summed E-state index contributed by atoms with van der Waals surface area (Å²) in [6.07, 6.45) is 1.79. The summed E-state index contributed by atoms with van der Waals surface area (Å²) in [5.74, 6) is -0.339. The monoisotopic (exact) mass is 287 g/mol. The first-order chi connectivity index (χ1) is 10.2. The number of amides is 2. The largest absolute Gasteiger partial charge is 0.330 e. The van der Waals surface area contributed by atoms with Crippen molar-refractivity contribution in [3.8, 4) is 0 Å². The van der Waals surface area contributed by atoms with Gasteiger partial charge in [0.2, 0.25) is 0 Å². The van der Waals surface area contributed by atoms with Gasteiger partial charge in [0.05, 0.1) is 0 Å². The average Bonchev–Trinajstić information content (AvgIpc) is 2.48. The molecule has 2 aromatic rings. The standard InChI is InChI=1S/C16H18FN3O/c17-13-6-8-14(9-7-13)19-16(21)20-15-5-1-3-12(11-15)4-2-10-18/h1,3,5-9,11H,2,4,10,18H2,(H2,19,20,21). The molecule has 0 saturated heterocycles. The molecule has 21 heavy (non-hydrogen) atoms. The second-order valence-corrected chi connectivity index (χ2v) is 4.68. The maximum Gasteiger partial charge on any atom is 0.323 e. The quantitative estimate of drug-likeness (QED) is 0.789. The highest BCUT2D eigenvalue weighted by Crippen LogP contribution is 2.13. The molecule has 0 fully saturated rings. The van der Waals surface area contributed by atoms with Crippen LogP contribution in [0.2, 0.25) is 0 Å². The predicted octanol–water partition coefficient (Wildman–Crippen LogP) is 3.36. The summed E-state index contributed by atoms with van der Waals surface area (Å²) < 4.78 is 12.8. The van der Waals surface area contributed by atoms with E-state index in [-0.39, 0.29) is 11.8 Å². The lowest BCUT2D eigenvalue weighted by Crippen LogP contribution is -2.19. The van der Waals surface area contributed by atoms with E-state index in [2.05, 4.69) is 10.6 Å². The van der Waals surface area contributed by atoms with Crippen molar-refractivity contribution in [3.05, 3.63) is 59.9 Å². The molecule has 0 heterocycles. The van der Waals surface area contributed by atoms with Crippen LogP contribution in [0.1, 0.15) is 12.0 Å². The normalized spacial score (nSPS) is 10.2. The van der Waals surface area contributed by atoms with Crippen molar-refractivity contribution < 1.29 is 9.18 Å². The third kappa shape index (κ3) is 4.89. The summed E-state index contributed by atoms with van der Waals surface area (Å²) in [5, 5.41) is 5.39. The summed E-state index contributed by atoms with van der Waals surface area (Å²) in [5.41, 5.74) is 7.86. The van der Waals surface area contributed by atoms with Crippen LogP contribution in [0.5, 0.6) is 0 Å². The molecule has 2 amide bonds. The van der Waals surface area contributed by atoms with Crippen molar-refractivity contribution >= 4 is 17.4 Å². The molecule has 0 spiro atoms. The molecular weight excluding hydrogens is 269 g/mol. The van der Waals surface area contributed by atoms with E-state index in [0.717, 1.165) is 18.4 Å². The fourth-order valence-electron chi connectivity index (χ4n) is 1.94. The van der Waals surface area contributed by atoms with Gasteiger partial charge in [-0.25, -0.2) is 9.18 Å². The number of carbonyl (C=O) groups is 1. The van der Waals surface area contributed by atoms with Gasteiger partial charge in [-0.05, 0) is 61.3 Å². The number of carbonyl (C=O) groups excluding carboxylic acids is 1. The third-order valence-electron chi connectivity index (χ3n) is 2.96. The highest BCUT2D eigenvalue weighted by atomic mass is 19.1. The molecule has 4 N–H and O–H groups in total. The van der Waals surface area contributed by atoms with Crippen LogP contribution >= 0.6 is 0 Å². The number of nitrogens with two attached hydrogens (primary N) is 1. The number of halogens is 1. The van der Waals surface area contributed by atoms with E-state index in [1.807, 2.05) is 24.3 Å². The SMILES string of the molecule is NCCCc1cccc(NC(=O)Nc2ccc(F)cc2)c1. The van der Waals surface area contributed by atoms with Gasteiger partial charge in [0, 0.05) is 11.4 Å². The van der Waals surface area contributed by atoms with Gasteiger partial charge in [-0.3, -0.25) is 0 Å².